The van der Waals surface area contributed by atoms with E-state index in [0.29, 0.717) is 17.1 Å². The Morgan fingerprint density at radius 3 is 2.28 bits per heavy atom. The normalized spacial score (nSPS) is 11.1. The Balaban J connectivity index is 1.83. The van der Waals surface area contributed by atoms with Gasteiger partial charge >= 0.3 is 5.97 Å². The van der Waals surface area contributed by atoms with Gasteiger partial charge in [-0.25, -0.2) is 18.2 Å². The van der Waals surface area contributed by atoms with Gasteiger partial charge in [0.05, 0.1) is 24.1 Å². The third-order valence-electron chi connectivity index (χ3n) is 4.48. The summed E-state index contributed by atoms with van der Waals surface area (Å²) in [5, 5.41) is 3.23. The molecule has 9 heteroatoms. The molecule has 32 heavy (non-hydrogen) atoms. The Morgan fingerprint density at radius 2 is 1.69 bits per heavy atom. The molecule has 0 fully saturated rings. The van der Waals surface area contributed by atoms with E-state index < -0.39 is 16.7 Å². The Bertz CT molecular complexity index is 1200. The van der Waals surface area contributed by atoms with Crippen molar-refractivity contribution in [3.63, 3.8) is 0 Å². The van der Waals surface area contributed by atoms with Crippen LogP contribution < -0.4 is 5.32 Å². The summed E-state index contributed by atoms with van der Waals surface area (Å²) in [5.74, 6) is -0.572. The molecule has 2 aromatic carbocycles. The van der Waals surface area contributed by atoms with Crippen molar-refractivity contribution >= 4 is 51.2 Å². The molecule has 7 nitrogen and oxygen atoms in total. The van der Waals surface area contributed by atoms with E-state index in [1.54, 1.807) is 24.3 Å². The maximum Gasteiger partial charge on any atom is 0.337 e. The molecule has 1 aromatic heterocycles. The molecule has 1 N–H and O–H groups in total. The minimum atomic E-state index is -2.46. The van der Waals surface area contributed by atoms with Crippen molar-refractivity contribution in [2.24, 2.45) is 0 Å². The first-order chi connectivity index (χ1) is 15.3. The van der Waals surface area contributed by atoms with Crippen LogP contribution >= 0.6 is 11.3 Å². The summed E-state index contributed by atoms with van der Waals surface area (Å²) in [5.41, 5.74) is 3.82. The zero-order chi connectivity index (χ0) is 23.1. The second-order valence-corrected chi connectivity index (χ2v) is 9.00. The number of amides is 1. The van der Waals surface area contributed by atoms with Crippen LogP contribution in [0.3, 0.4) is 0 Å². The fourth-order valence-corrected chi connectivity index (χ4v) is 4.48. The number of carbonyl (C=O) groups is 2. The van der Waals surface area contributed by atoms with Crippen LogP contribution in [-0.2, 0) is 32.4 Å². The summed E-state index contributed by atoms with van der Waals surface area (Å²) in [7, 11) is -1.12. The average molecular weight is 471 g/mol. The van der Waals surface area contributed by atoms with Crippen LogP contribution in [0.15, 0.2) is 48.5 Å². The highest BCUT2D eigenvalue weighted by atomic mass is 32.2. The molecular weight excluding hydrogens is 448 g/mol. The Labute approximate surface area is 191 Å². The fraction of sp³-hybridized carbons (Fsp3) is 0.174. The smallest absolute Gasteiger partial charge is 0.337 e. The van der Waals surface area contributed by atoms with Crippen LogP contribution in [-0.4, -0.2) is 32.4 Å². The third kappa shape index (κ3) is 6.60. The molecule has 0 unspecified atom stereocenters. The highest BCUT2D eigenvalue weighted by molar-refractivity contribution is 7.71. The predicted molar refractivity (Wildman–Crippen MR) is 126 cm³/mol. The van der Waals surface area contributed by atoms with Gasteiger partial charge in [-0.05, 0) is 34.9 Å². The molecule has 0 spiro atoms. The molecule has 166 valence electrons. The minimum Gasteiger partial charge on any atom is -0.465 e. The van der Waals surface area contributed by atoms with Gasteiger partial charge in [-0.1, -0.05) is 42.5 Å². The van der Waals surface area contributed by atoms with E-state index in [1.165, 1.54) is 25.4 Å². The SMILES string of the molecule is COC(=O)c1ccc(/C=C\c2nc(NC(C)=O)sc2Cc2ccc(C[SH](=O)=O)cc2)cc1. The number of ether oxygens (including phenoxy) is 1. The van der Waals surface area contributed by atoms with E-state index in [4.69, 9.17) is 4.74 Å². The molecule has 3 rings (SSSR count). The summed E-state index contributed by atoms with van der Waals surface area (Å²) in [6.07, 6.45) is 4.33. The number of carbonyl (C=O) groups excluding carboxylic acids is 2. The van der Waals surface area contributed by atoms with Crippen LogP contribution in [0, 0.1) is 0 Å². The lowest BCUT2D eigenvalue weighted by atomic mass is 10.1. The number of anilines is 1. The second kappa shape index (κ2) is 10.8. The van der Waals surface area contributed by atoms with Crippen molar-refractivity contribution < 1.29 is 22.7 Å². The third-order valence-corrected chi connectivity index (χ3v) is 6.09. The van der Waals surface area contributed by atoms with E-state index in [9.17, 15) is 18.0 Å². The summed E-state index contributed by atoms with van der Waals surface area (Å²) in [6.45, 7) is 1.43. The number of aromatic nitrogens is 1. The summed E-state index contributed by atoms with van der Waals surface area (Å²) in [4.78, 5) is 28.5. The average Bonchev–Trinajstić information content (AvgIpc) is 3.13. The standard InChI is InChI=1S/C23H22N2O5S2/c1-15(26)24-23-25-20(12-9-16-7-10-19(11-8-16)22(27)30-2)21(31-23)13-17-3-5-18(6-4-17)14-32(28)29/h3-12,32H,13-14H2,1-2H3,(H,24,25,26)/b12-9-. The number of thiol groups is 1. The topological polar surface area (TPSA) is 102 Å². The summed E-state index contributed by atoms with van der Waals surface area (Å²) in [6, 6.07) is 14.4. The molecule has 1 amide bonds. The summed E-state index contributed by atoms with van der Waals surface area (Å²) < 4.78 is 26.5. The lowest BCUT2D eigenvalue weighted by Crippen LogP contribution is -2.04. The number of rotatable bonds is 8. The maximum absolute atomic E-state index is 11.6. The molecule has 0 aliphatic heterocycles. The van der Waals surface area contributed by atoms with Crippen LogP contribution in [0.25, 0.3) is 12.2 Å². The molecule has 0 aliphatic carbocycles. The first-order valence-electron chi connectivity index (χ1n) is 9.67. The Kier molecular flexibility index (Phi) is 7.91. The number of benzene rings is 2. The highest BCUT2D eigenvalue weighted by Crippen LogP contribution is 2.27. The number of thiazole rings is 1. The van der Waals surface area contributed by atoms with Crippen molar-refractivity contribution in [1.82, 2.24) is 4.98 Å². The van der Waals surface area contributed by atoms with Crippen molar-refractivity contribution in [3.8, 4) is 0 Å². The number of methoxy groups -OCH3 is 1. The maximum atomic E-state index is 11.6. The molecule has 1 heterocycles. The lowest BCUT2D eigenvalue weighted by Gasteiger charge is -2.02. The monoisotopic (exact) mass is 470 g/mol. The number of nitrogens with zero attached hydrogens (tertiary/aromatic N) is 1. The van der Waals surface area contributed by atoms with Gasteiger partial charge in [-0.3, -0.25) is 4.79 Å². The number of hydrogen-bond donors (Lipinski definition) is 2. The Morgan fingerprint density at radius 1 is 1.03 bits per heavy atom. The van der Waals surface area contributed by atoms with Crippen LogP contribution in [0.1, 0.15) is 44.5 Å². The van der Waals surface area contributed by atoms with E-state index in [1.807, 2.05) is 36.4 Å². The zero-order valence-electron chi connectivity index (χ0n) is 17.5. The molecule has 0 aliphatic rings. The van der Waals surface area contributed by atoms with Gasteiger partial charge in [0.2, 0.25) is 5.91 Å². The van der Waals surface area contributed by atoms with Gasteiger partial charge in [0.15, 0.2) is 5.13 Å². The zero-order valence-corrected chi connectivity index (χ0v) is 19.2. The molecule has 0 saturated carbocycles. The fourth-order valence-electron chi connectivity index (χ4n) is 2.94. The molecule has 0 saturated heterocycles. The van der Waals surface area contributed by atoms with Crippen LogP contribution in [0.5, 0.6) is 0 Å². The Hall–Kier alpha value is -3.30. The number of esters is 1. The van der Waals surface area contributed by atoms with Gasteiger partial charge < -0.3 is 10.1 Å². The van der Waals surface area contributed by atoms with Crippen molar-refractivity contribution in [1.29, 1.82) is 0 Å². The van der Waals surface area contributed by atoms with E-state index in [-0.39, 0.29) is 11.7 Å². The van der Waals surface area contributed by atoms with Gasteiger partial charge in [0.25, 0.3) is 0 Å². The van der Waals surface area contributed by atoms with Gasteiger partial charge in [-0.2, -0.15) is 0 Å². The molecular formula is C23H22N2O5S2. The van der Waals surface area contributed by atoms with Crippen LogP contribution in [0.4, 0.5) is 5.13 Å². The predicted octanol–water partition coefficient (Wildman–Crippen LogP) is 3.76. The van der Waals surface area contributed by atoms with Gasteiger partial charge in [-0.15, -0.1) is 11.3 Å². The van der Waals surface area contributed by atoms with Crippen molar-refractivity contribution in [2.75, 3.05) is 12.4 Å². The van der Waals surface area contributed by atoms with Gasteiger partial charge in [0.1, 0.15) is 10.7 Å². The minimum absolute atomic E-state index is 0.0195. The molecule has 0 radical (unpaired) electrons. The van der Waals surface area contributed by atoms with Crippen LogP contribution in [0.2, 0.25) is 0 Å². The molecule has 0 bridgehead atoms. The quantitative estimate of drug-likeness (QED) is 0.384. The number of hydrogen-bond acceptors (Lipinski definition) is 7. The highest BCUT2D eigenvalue weighted by Gasteiger charge is 2.11. The van der Waals surface area contributed by atoms with E-state index in [0.717, 1.165) is 27.3 Å². The first-order valence-corrected chi connectivity index (χ1v) is 11.9. The summed E-state index contributed by atoms with van der Waals surface area (Å²) >= 11 is 1.39. The molecule has 3 aromatic rings. The van der Waals surface area contributed by atoms with Gasteiger partial charge in [0, 0.05) is 18.2 Å². The van der Waals surface area contributed by atoms with Crippen molar-refractivity contribution in [2.45, 2.75) is 19.1 Å². The number of nitrogens with one attached hydrogen (secondary N) is 1. The lowest BCUT2D eigenvalue weighted by molar-refractivity contribution is -0.114. The largest absolute Gasteiger partial charge is 0.465 e. The van der Waals surface area contributed by atoms with E-state index in [2.05, 4.69) is 10.3 Å². The first kappa shape index (κ1) is 23.4. The van der Waals surface area contributed by atoms with Crippen molar-refractivity contribution in [3.05, 3.63) is 81.4 Å². The van der Waals surface area contributed by atoms with E-state index >= 15 is 0 Å². The second-order valence-electron chi connectivity index (χ2n) is 6.94. The molecule has 0 atom stereocenters.